The Kier molecular flexibility index (Phi) is 5.23. The Labute approximate surface area is 94.2 Å². The summed E-state index contributed by atoms with van der Waals surface area (Å²) in [5.41, 5.74) is 2.87. The highest BCUT2D eigenvalue weighted by atomic mass is 15.1. The first-order valence-corrected chi connectivity index (χ1v) is 6.17. The minimum atomic E-state index is 1.08. The zero-order valence-electron chi connectivity index (χ0n) is 10.3. The van der Waals surface area contributed by atoms with Crippen LogP contribution in [0.2, 0.25) is 0 Å². The van der Waals surface area contributed by atoms with Crippen LogP contribution >= 0.6 is 0 Å². The normalized spacial score (nSPS) is 20.1. The van der Waals surface area contributed by atoms with Crippen molar-refractivity contribution in [2.24, 2.45) is 0 Å². The molecule has 1 aliphatic heterocycles. The smallest absolute Gasteiger partial charge is 0.0358 e. The Hall–Kier alpha value is -0.980. The van der Waals surface area contributed by atoms with Crippen molar-refractivity contribution in [2.45, 2.75) is 40.0 Å². The quantitative estimate of drug-likeness (QED) is 0.627. The first kappa shape index (κ1) is 12.1. The molecule has 15 heavy (non-hydrogen) atoms. The Morgan fingerprint density at radius 3 is 2.47 bits per heavy atom. The van der Waals surface area contributed by atoms with Gasteiger partial charge in [0, 0.05) is 18.8 Å². The average Bonchev–Trinajstić information content (AvgIpc) is 2.71. The lowest BCUT2D eigenvalue weighted by Crippen LogP contribution is -2.19. The van der Waals surface area contributed by atoms with Crippen molar-refractivity contribution in [3.8, 4) is 0 Å². The minimum Gasteiger partial charge on any atom is -0.372 e. The van der Waals surface area contributed by atoms with Gasteiger partial charge in [-0.1, -0.05) is 38.2 Å². The third kappa shape index (κ3) is 3.26. The second-order valence-corrected chi connectivity index (χ2v) is 3.80. The molecule has 1 fully saturated rings. The highest BCUT2D eigenvalue weighted by Crippen LogP contribution is 2.22. The molecule has 1 saturated heterocycles. The van der Waals surface area contributed by atoms with Gasteiger partial charge in [-0.3, -0.25) is 0 Å². The molecular formula is C14H23N. The lowest BCUT2D eigenvalue weighted by molar-refractivity contribution is 0.433. The van der Waals surface area contributed by atoms with Crippen molar-refractivity contribution in [2.75, 3.05) is 13.1 Å². The summed E-state index contributed by atoms with van der Waals surface area (Å²) in [6.45, 7) is 8.70. The second kappa shape index (κ2) is 6.49. The SMILES string of the molecule is CC.CC1=CC=CCC=C1N1CCCC1. The molecule has 2 aliphatic rings. The predicted octanol–water partition coefficient (Wildman–Crippen LogP) is 3.90. The zero-order chi connectivity index (χ0) is 11.1. The van der Waals surface area contributed by atoms with Gasteiger partial charge in [0.05, 0.1) is 0 Å². The van der Waals surface area contributed by atoms with E-state index in [9.17, 15) is 0 Å². The molecule has 0 atom stereocenters. The number of rotatable bonds is 1. The molecule has 0 N–H and O–H groups in total. The van der Waals surface area contributed by atoms with Gasteiger partial charge < -0.3 is 4.90 Å². The molecule has 2 rings (SSSR count). The summed E-state index contributed by atoms with van der Waals surface area (Å²) >= 11 is 0. The van der Waals surface area contributed by atoms with Crippen LogP contribution in [-0.2, 0) is 0 Å². The van der Waals surface area contributed by atoms with E-state index in [0.29, 0.717) is 0 Å². The summed E-state index contributed by atoms with van der Waals surface area (Å²) in [6, 6.07) is 0. The van der Waals surface area contributed by atoms with E-state index in [-0.39, 0.29) is 0 Å². The first-order chi connectivity index (χ1) is 7.38. The summed E-state index contributed by atoms with van der Waals surface area (Å²) in [4.78, 5) is 2.51. The van der Waals surface area contributed by atoms with E-state index in [1.807, 2.05) is 13.8 Å². The summed E-state index contributed by atoms with van der Waals surface area (Å²) in [5, 5.41) is 0. The van der Waals surface area contributed by atoms with Crippen LogP contribution in [0.3, 0.4) is 0 Å². The number of hydrogen-bond donors (Lipinski definition) is 0. The van der Waals surface area contributed by atoms with E-state index in [1.165, 1.54) is 37.2 Å². The standard InChI is InChI=1S/C12H17N.C2H6/c1-11-7-3-2-4-8-12(11)13-9-5-6-10-13;1-2/h2-3,7-8H,4-6,9-10H2,1H3;1-2H3. The number of hydrogen-bond acceptors (Lipinski definition) is 1. The fourth-order valence-corrected chi connectivity index (χ4v) is 2.05. The van der Waals surface area contributed by atoms with Gasteiger partial charge in [-0.05, 0) is 31.8 Å². The van der Waals surface area contributed by atoms with E-state index in [1.54, 1.807) is 0 Å². The van der Waals surface area contributed by atoms with Gasteiger partial charge in [0.1, 0.15) is 0 Å². The van der Waals surface area contributed by atoms with Crippen molar-refractivity contribution in [1.82, 2.24) is 4.90 Å². The van der Waals surface area contributed by atoms with Gasteiger partial charge in [0.15, 0.2) is 0 Å². The number of nitrogens with zero attached hydrogens (tertiary/aromatic N) is 1. The van der Waals surface area contributed by atoms with E-state index in [4.69, 9.17) is 0 Å². The molecule has 0 amide bonds. The van der Waals surface area contributed by atoms with Gasteiger partial charge >= 0.3 is 0 Å². The summed E-state index contributed by atoms with van der Waals surface area (Å²) in [7, 11) is 0. The maximum Gasteiger partial charge on any atom is 0.0358 e. The predicted molar refractivity (Wildman–Crippen MR) is 67.8 cm³/mol. The molecule has 1 heteroatoms. The Balaban J connectivity index is 0.000000531. The summed E-state index contributed by atoms with van der Waals surface area (Å²) in [5.74, 6) is 0. The number of likely N-dealkylation sites (tertiary alicyclic amines) is 1. The molecule has 0 unspecified atom stereocenters. The second-order valence-electron chi connectivity index (χ2n) is 3.80. The van der Waals surface area contributed by atoms with Crippen LogP contribution in [0.5, 0.6) is 0 Å². The summed E-state index contributed by atoms with van der Waals surface area (Å²) < 4.78 is 0. The van der Waals surface area contributed by atoms with Crippen LogP contribution in [-0.4, -0.2) is 18.0 Å². The Morgan fingerprint density at radius 1 is 1.13 bits per heavy atom. The molecule has 0 radical (unpaired) electrons. The van der Waals surface area contributed by atoms with Crippen LogP contribution in [0, 0.1) is 0 Å². The molecule has 0 bridgehead atoms. The fourth-order valence-electron chi connectivity index (χ4n) is 2.05. The zero-order valence-corrected chi connectivity index (χ0v) is 10.3. The van der Waals surface area contributed by atoms with Gasteiger partial charge in [0.2, 0.25) is 0 Å². The monoisotopic (exact) mass is 205 g/mol. The van der Waals surface area contributed by atoms with Crippen molar-refractivity contribution in [3.63, 3.8) is 0 Å². The van der Waals surface area contributed by atoms with Gasteiger partial charge in [-0.2, -0.15) is 0 Å². The van der Waals surface area contributed by atoms with E-state index < -0.39 is 0 Å². The van der Waals surface area contributed by atoms with E-state index in [0.717, 1.165) is 6.42 Å². The van der Waals surface area contributed by atoms with Crippen molar-refractivity contribution < 1.29 is 0 Å². The van der Waals surface area contributed by atoms with Gasteiger partial charge in [-0.25, -0.2) is 0 Å². The van der Waals surface area contributed by atoms with Crippen molar-refractivity contribution >= 4 is 0 Å². The molecule has 1 nitrogen and oxygen atoms in total. The van der Waals surface area contributed by atoms with Crippen molar-refractivity contribution in [3.05, 3.63) is 35.6 Å². The maximum atomic E-state index is 2.51. The molecule has 1 aliphatic carbocycles. The van der Waals surface area contributed by atoms with Gasteiger partial charge in [0.25, 0.3) is 0 Å². The minimum absolute atomic E-state index is 1.08. The third-order valence-corrected chi connectivity index (χ3v) is 2.78. The topological polar surface area (TPSA) is 3.24 Å². The van der Waals surface area contributed by atoms with Crippen LogP contribution in [0.1, 0.15) is 40.0 Å². The maximum absolute atomic E-state index is 2.51. The first-order valence-electron chi connectivity index (χ1n) is 6.17. The lowest BCUT2D eigenvalue weighted by Gasteiger charge is -2.21. The van der Waals surface area contributed by atoms with Crippen LogP contribution in [0.25, 0.3) is 0 Å². The summed E-state index contributed by atoms with van der Waals surface area (Å²) in [6.07, 6.45) is 12.7. The lowest BCUT2D eigenvalue weighted by atomic mass is 10.2. The van der Waals surface area contributed by atoms with Gasteiger partial charge in [-0.15, -0.1) is 0 Å². The molecule has 0 spiro atoms. The molecular weight excluding hydrogens is 182 g/mol. The number of allylic oxidation sites excluding steroid dienone is 5. The van der Waals surface area contributed by atoms with E-state index >= 15 is 0 Å². The molecule has 0 aromatic heterocycles. The molecule has 0 saturated carbocycles. The van der Waals surface area contributed by atoms with Crippen LogP contribution in [0.15, 0.2) is 35.6 Å². The van der Waals surface area contributed by atoms with Crippen LogP contribution in [0.4, 0.5) is 0 Å². The fraction of sp³-hybridized carbons (Fsp3) is 0.571. The molecule has 0 aromatic carbocycles. The average molecular weight is 205 g/mol. The largest absolute Gasteiger partial charge is 0.372 e. The van der Waals surface area contributed by atoms with Crippen LogP contribution < -0.4 is 0 Å². The molecule has 1 heterocycles. The molecule has 84 valence electrons. The highest BCUT2D eigenvalue weighted by Gasteiger charge is 2.15. The van der Waals surface area contributed by atoms with E-state index in [2.05, 4.69) is 36.1 Å². The Morgan fingerprint density at radius 2 is 1.80 bits per heavy atom. The highest BCUT2D eigenvalue weighted by molar-refractivity contribution is 5.34. The Bertz CT molecular complexity index is 265. The third-order valence-electron chi connectivity index (χ3n) is 2.78. The van der Waals surface area contributed by atoms with Crippen molar-refractivity contribution in [1.29, 1.82) is 0 Å². The molecule has 0 aromatic rings.